The minimum absolute atomic E-state index is 0.0152. The maximum atomic E-state index is 11.7. The lowest BCUT2D eigenvalue weighted by molar-refractivity contribution is 0.599. The Bertz CT molecular complexity index is 782. The normalized spacial score (nSPS) is 19.1. The van der Waals surface area contributed by atoms with Gasteiger partial charge in [0, 0.05) is 24.8 Å². The summed E-state index contributed by atoms with van der Waals surface area (Å²) in [6.45, 7) is 3.28. The Labute approximate surface area is 142 Å². The van der Waals surface area contributed by atoms with Gasteiger partial charge in [0.25, 0.3) is 0 Å². The molecule has 0 aromatic carbocycles. The Morgan fingerprint density at radius 2 is 2.17 bits per heavy atom. The van der Waals surface area contributed by atoms with Crippen molar-refractivity contribution in [3.63, 3.8) is 0 Å². The summed E-state index contributed by atoms with van der Waals surface area (Å²) in [5.41, 5.74) is 0.923. The number of rotatable bonds is 6. The van der Waals surface area contributed by atoms with Gasteiger partial charge < -0.3 is 10.2 Å². The standard InChI is InChI=1S/C16H21N5O2S/c1-2-21(14-6-8-24(22,23)11-14)16-9-15(19-12-20-16)18-10-13-5-3-4-7-17-13/h3-5,7,9,12,14H,2,6,8,10-11H2,1H3,(H,18,19,20). The number of aromatic nitrogens is 3. The van der Waals surface area contributed by atoms with E-state index in [-0.39, 0.29) is 17.5 Å². The van der Waals surface area contributed by atoms with Gasteiger partial charge in [-0.25, -0.2) is 18.4 Å². The number of hydrogen-bond donors (Lipinski definition) is 1. The van der Waals surface area contributed by atoms with E-state index in [4.69, 9.17) is 0 Å². The van der Waals surface area contributed by atoms with Crippen LogP contribution >= 0.6 is 0 Å². The minimum atomic E-state index is -2.92. The molecular formula is C16H21N5O2S. The summed E-state index contributed by atoms with van der Waals surface area (Å²) in [5, 5.41) is 3.23. The van der Waals surface area contributed by atoms with Crippen molar-refractivity contribution in [3.8, 4) is 0 Å². The van der Waals surface area contributed by atoms with Crippen LogP contribution in [0.5, 0.6) is 0 Å². The molecule has 0 aliphatic carbocycles. The highest BCUT2D eigenvalue weighted by Gasteiger charge is 2.32. The summed E-state index contributed by atoms with van der Waals surface area (Å²) in [6.07, 6.45) is 3.90. The molecule has 1 aliphatic rings. The van der Waals surface area contributed by atoms with Crippen LogP contribution in [0.2, 0.25) is 0 Å². The number of hydrogen-bond acceptors (Lipinski definition) is 7. The molecular weight excluding hydrogens is 326 g/mol. The molecule has 3 heterocycles. The van der Waals surface area contributed by atoms with E-state index in [1.165, 1.54) is 6.33 Å². The van der Waals surface area contributed by atoms with E-state index in [2.05, 4.69) is 20.3 Å². The molecule has 2 aromatic rings. The van der Waals surface area contributed by atoms with Gasteiger partial charge in [0.2, 0.25) is 0 Å². The zero-order valence-corrected chi connectivity index (χ0v) is 14.4. The average molecular weight is 347 g/mol. The Morgan fingerprint density at radius 3 is 2.83 bits per heavy atom. The smallest absolute Gasteiger partial charge is 0.152 e. The van der Waals surface area contributed by atoms with Crippen LogP contribution in [0.3, 0.4) is 0 Å². The van der Waals surface area contributed by atoms with Gasteiger partial charge in [-0.1, -0.05) is 6.07 Å². The first-order valence-electron chi connectivity index (χ1n) is 8.00. The fraction of sp³-hybridized carbons (Fsp3) is 0.438. The number of nitrogens with zero attached hydrogens (tertiary/aromatic N) is 4. The lowest BCUT2D eigenvalue weighted by Gasteiger charge is -2.28. The molecule has 1 unspecified atom stereocenters. The molecule has 24 heavy (non-hydrogen) atoms. The van der Waals surface area contributed by atoms with Crippen LogP contribution in [-0.2, 0) is 16.4 Å². The molecule has 1 N–H and O–H groups in total. The molecule has 128 valence electrons. The predicted octanol–water partition coefficient (Wildman–Crippen LogP) is 1.50. The van der Waals surface area contributed by atoms with Gasteiger partial charge >= 0.3 is 0 Å². The second-order valence-corrected chi connectivity index (χ2v) is 8.01. The SMILES string of the molecule is CCN(c1cc(NCc2ccccn2)ncn1)C1CCS(=O)(=O)C1. The summed E-state index contributed by atoms with van der Waals surface area (Å²) >= 11 is 0. The molecule has 1 aliphatic heterocycles. The van der Waals surface area contributed by atoms with Crippen LogP contribution < -0.4 is 10.2 Å². The zero-order chi connectivity index (χ0) is 17.0. The van der Waals surface area contributed by atoms with Crippen LogP contribution in [0, 0.1) is 0 Å². The lowest BCUT2D eigenvalue weighted by atomic mass is 10.2. The first-order valence-corrected chi connectivity index (χ1v) is 9.82. The summed E-state index contributed by atoms with van der Waals surface area (Å²) in [7, 11) is -2.92. The molecule has 2 aromatic heterocycles. The van der Waals surface area contributed by atoms with Gasteiger partial charge in [0.05, 0.1) is 23.7 Å². The minimum Gasteiger partial charge on any atom is -0.364 e. The van der Waals surface area contributed by atoms with Crippen LogP contribution in [0.1, 0.15) is 19.0 Å². The van der Waals surface area contributed by atoms with Gasteiger partial charge in [-0.05, 0) is 25.5 Å². The van der Waals surface area contributed by atoms with Gasteiger partial charge in [-0.15, -0.1) is 0 Å². The van der Waals surface area contributed by atoms with Crippen molar-refractivity contribution in [1.82, 2.24) is 15.0 Å². The Hall–Kier alpha value is -2.22. The summed E-state index contributed by atoms with van der Waals surface area (Å²) < 4.78 is 23.5. The number of pyridine rings is 1. The molecule has 0 radical (unpaired) electrons. The first-order chi connectivity index (χ1) is 11.6. The van der Waals surface area contributed by atoms with Crippen molar-refractivity contribution in [1.29, 1.82) is 0 Å². The number of sulfone groups is 1. The Balaban J connectivity index is 1.71. The zero-order valence-electron chi connectivity index (χ0n) is 13.6. The summed E-state index contributed by atoms with van der Waals surface area (Å²) in [5.74, 6) is 1.90. The highest BCUT2D eigenvalue weighted by molar-refractivity contribution is 7.91. The van der Waals surface area contributed by atoms with Crippen LogP contribution in [0.15, 0.2) is 36.8 Å². The summed E-state index contributed by atoms with van der Waals surface area (Å²) in [4.78, 5) is 14.9. The third kappa shape index (κ3) is 4.00. The van der Waals surface area contributed by atoms with Crippen molar-refractivity contribution in [2.75, 3.05) is 28.3 Å². The van der Waals surface area contributed by atoms with E-state index in [0.717, 1.165) is 11.5 Å². The molecule has 0 spiro atoms. The molecule has 0 saturated carbocycles. The van der Waals surface area contributed by atoms with E-state index in [1.807, 2.05) is 36.1 Å². The monoisotopic (exact) mass is 347 g/mol. The van der Waals surface area contributed by atoms with E-state index in [0.29, 0.717) is 25.3 Å². The molecule has 8 heteroatoms. The molecule has 0 amide bonds. The Morgan fingerprint density at radius 1 is 1.29 bits per heavy atom. The molecule has 1 fully saturated rings. The second-order valence-electron chi connectivity index (χ2n) is 5.78. The highest BCUT2D eigenvalue weighted by atomic mass is 32.2. The van der Waals surface area contributed by atoms with E-state index in [1.54, 1.807) is 6.20 Å². The van der Waals surface area contributed by atoms with Crippen molar-refractivity contribution < 1.29 is 8.42 Å². The third-order valence-electron chi connectivity index (χ3n) is 4.11. The fourth-order valence-electron chi connectivity index (χ4n) is 2.91. The molecule has 7 nitrogen and oxygen atoms in total. The van der Waals surface area contributed by atoms with Gasteiger partial charge in [0.15, 0.2) is 9.84 Å². The van der Waals surface area contributed by atoms with E-state index >= 15 is 0 Å². The first kappa shape index (κ1) is 16.6. The number of anilines is 2. The predicted molar refractivity (Wildman–Crippen MR) is 93.7 cm³/mol. The summed E-state index contributed by atoms with van der Waals surface area (Å²) in [6, 6.07) is 7.60. The molecule has 1 atom stereocenters. The lowest BCUT2D eigenvalue weighted by Crippen LogP contribution is -2.36. The quantitative estimate of drug-likeness (QED) is 0.847. The van der Waals surface area contributed by atoms with Gasteiger partial charge in [0.1, 0.15) is 18.0 Å². The third-order valence-corrected chi connectivity index (χ3v) is 5.86. The van der Waals surface area contributed by atoms with Crippen molar-refractivity contribution >= 4 is 21.5 Å². The fourth-order valence-corrected chi connectivity index (χ4v) is 4.64. The largest absolute Gasteiger partial charge is 0.364 e. The Kier molecular flexibility index (Phi) is 4.94. The van der Waals surface area contributed by atoms with E-state index < -0.39 is 9.84 Å². The van der Waals surface area contributed by atoms with E-state index in [9.17, 15) is 8.42 Å². The van der Waals surface area contributed by atoms with Crippen molar-refractivity contribution in [2.24, 2.45) is 0 Å². The maximum absolute atomic E-state index is 11.7. The van der Waals surface area contributed by atoms with Gasteiger partial charge in [-0.2, -0.15) is 0 Å². The molecule has 3 rings (SSSR count). The van der Waals surface area contributed by atoms with Crippen LogP contribution in [0.25, 0.3) is 0 Å². The average Bonchev–Trinajstić information content (AvgIpc) is 2.95. The van der Waals surface area contributed by atoms with Crippen molar-refractivity contribution in [2.45, 2.75) is 25.9 Å². The molecule has 1 saturated heterocycles. The maximum Gasteiger partial charge on any atom is 0.152 e. The number of nitrogens with one attached hydrogen (secondary N) is 1. The van der Waals surface area contributed by atoms with Crippen LogP contribution in [0.4, 0.5) is 11.6 Å². The topological polar surface area (TPSA) is 88.1 Å². The second kappa shape index (κ2) is 7.12. The van der Waals surface area contributed by atoms with Gasteiger partial charge in [-0.3, -0.25) is 4.98 Å². The van der Waals surface area contributed by atoms with Crippen molar-refractivity contribution in [3.05, 3.63) is 42.5 Å². The van der Waals surface area contributed by atoms with Crippen LogP contribution in [-0.4, -0.2) is 47.5 Å². The highest BCUT2D eigenvalue weighted by Crippen LogP contribution is 2.23. The molecule has 0 bridgehead atoms.